The Kier molecular flexibility index (Phi) is 33.8. The summed E-state index contributed by atoms with van der Waals surface area (Å²) >= 11 is 0. The third-order valence-corrected chi connectivity index (χ3v) is 18.4. The maximum atomic E-state index is 13.8. The van der Waals surface area contributed by atoms with Crippen molar-refractivity contribution in [3.63, 3.8) is 0 Å². The van der Waals surface area contributed by atoms with Gasteiger partial charge in [-0.2, -0.15) is 0 Å². The topological polar surface area (TPSA) is 260 Å². The Hall–Kier alpha value is -1.84. The molecule has 0 aromatic rings. The quantitative estimate of drug-likeness (QED) is 0.0168. The molecular formula is C63H111O19P. The van der Waals surface area contributed by atoms with E-state index in [1.807, 2.05) is 0 Å². The largest absolute Gasteiger partial charge is 0.475 e. The lowest BCUT2D eigenvalue weighted by molar-refractivity contribution is -0.147. The summed E-state index contributed by atoms with van der Waals surface area (Å²) in [6.07, 6.45) is 35.4. The predicted molar refractivity (Wildman–Crippen MR) is 312 cm³/mol. The zero-order chi connectivity index (χ0) is 59.1. The molecule has 0 saturated carbocycles. The van der Waals surface area contributed by atoms with Gasteiger partial charge in [-0.1, -0.05) is 156 Å². The molecule has 83 heavy (non-hydrogen) atoms. The number of carbonyl (C=O) groups excluding carboxylic acids is 3. The Labute approximate surface area is 497 Å². The molecule has 0 radical (unpaired) electrons. The standard InChI is InChI=1S/C63H111O19P/c1-4-7-19-28-49-55(77-49)37-58-52(80-58)31-22-13-10-16-25-34-61(67)71-40-46(64)43-74-83(70,75-44-47(65)41-72-62(68)35-26-17-11-14-23-32-53-59(81-53)38-56-50(78-56)29-20-8-5-2)76-45-48(66)42-73-63(69)36-27-18-12-15-24-33-54-60(82-54)39-57-51(79-57)30-21-9-6-3/h46-60,64-66H,4-45H2,1-3H3/t46-,47-,48-,49-,50-,51-,52?,53?,54?,55?,56?,57?,58-,59-,60-,83?/m0/s1. The van der Waals surface area contributed by atoms with Gasteiger partial charge in [0.15, 0.2) is 0 Å². The molecule has 19 nitrogen and oxygen atoms in total. The molecule has 6 aliphatic heterocycles. The molecule has 0 aliphatic carbocycles. The van der Waals surface area contributed by atoms with Gasteiger partial charge in [0.2, 0.25) is 0 Å². The van der Waals surface area contributed by atoms with E-state index in [2.05, 4.69) is 20.8 Å². The van der Waals surface area contributed by atoms with Gasteiger partial charge >= 0.3 is 25.7 Å². The highest BCUT2D eigenvalue weighted by Gasteiger charge is 2.49. The predicted octanol–water partition coefficient (Wildman–Crippen LogP) is 11.6. The number of carbonyl (C=O) groups is 3. The second kappa shape index (κ2) is 39.9. The first-order chi connectivity index (χ1) is 40.3. The van der Waals surface area contributed by atoms with E-state index in [-0.39, 0.29) is 19.3 Å². The Balaban J connectivity index is 0.785. The number of unbranched alkanes of at least 4 members (excludes halogenated alkanes) is 18. The summed E-state index contributed by atoms with van der Waals surface area (Å²) in [6, 6.07) is 0. The van der Waals surface area contributed by atoms with E-state index < -0.39 is 83.7 Å². The van der Waals surface area contributed by atoms with Crippen molar-refractivity contribution in [3.8, 4) is 0 Å². The number of phosphoric ester groups is 1. The van der Waals surface area contributed by atoms with Gasteiger partial charge in [-0.3, -0.25) is 28.0 Å². The van der Waals surface area contributed by atoms with E-state index >= 15 is 0 Å². The molecule has 0 aromatic carbocycles. The van der Waals surface area contributed by atoms with E-state index in [0.29, 0.717) is 92.5 Å². The van der Waals surface area contributed by atoms with Crippen LogP contribution in [-0.4, -0.2) is 164 Å². The molecule has 0 spiro atoms. The van der Waals surface area contributed by atoms with Crippen molar-refractivity contribution >= 4 is 25.7 Å². The zero-order valence-corrected chi connectivity index (χ0v) is 52.1. The molecule has 6 heterocycles. The highest BCUT2D eigenvalue weighted by Crippen LogP contribution is 2.50. The Morgan fingerprint density at radius 3 is 0.783 bits per heavy atom. The lowest BCUT2D eigenvalue weighted by Gasteiger charge is -2.22. The third-order valence-electron chi connectivity index (χ3n) is 17.0. The minimum absolute atomic E-state index is 0.180. The number of aliphatic hydroxyl groups is 3. The molecule has 0 aromatic heterocycles. The van der Waals surface area contributed by atoms with E-state index in [1.165, 1.54) is 57.8 Å². The Bertz CT molecular complexity index is 1630. The number of esters is 3. The van der Waals surface area contributed by atoms with Crippen LogP contribution in [0.5, 0.6) is 0 Å². The number of rotatable bonds is 57. The summed E-state index contributed by atoms with van der Waals surface area (Å²) in [7, 11) is -4.61. The molecule has 6 unspecified atom stereocenters. The highest BCUT2D eigenvalue weighted by molar-refractivity contribution is 7.48. The Morgan fingerprint density at radius 1 is 0.325 bits per heavy atom. The number of aliphatic hydroxyl groups excluding tert-OH is 3. The van der Waals surface area contributed by atoms with Crippen LogP contribution in [0, 0.1) is 0 Å². The molecule has 15 atom stereocenters. The van der Waals surface area contributed by atoms with Crippen LogP contribution in [0.1, 0.15) is 252 Å². The molecule has 3 N–H and O–H groups in total. The molecule has 6 rings (SSSR count). The summed E-state index contributed by atoms with van der Waals surface area (Å²) in [4.78, 5) is 37.5. The van der Waals surface area contributed by atoms with Crippen molar-refractivity contribution in [2.75, 3.05) is 39.6 Å². The van der Waals surface area contributed by atoms with Gasteiger partial charge in [-0.15, -0.1) is 0 Å². The van der Waals surface area contributed by atoms with Crippen molar-refractivity contribution in [2.24, 2.45) is 0 Å². The van der Waals surface area contributed by atoms with Crippen LogP contribution in [0.3, 0.4) is 0 Å². The van der Waals surface area contributed by atoms with Gasteiger partial charge in [0.05, 0.1) is 93.1 Å². The second-order valence-corrected chi connectivity index (χ2v) is 26.4. The van der Waals surface area contributed by atoms with Crippen molar-refractivity contribution < 1.29 is 90.5 Å². The third kappa shape index (κ3) is 31.8. The molecule has 482 valence electrons. The smallest absolute Gasteiger partial charge is 0.463 e. The number of hydrogen-bond acceptors (Lipinski definition) is 19. The number of phosphoric acid groups is 1. The first-order valence-electron chi connectivity index (χ1n) is 33.3. The van der Waals surface area contributed by atoms with E-state index in [1.54, 1.807) is 0 Å². The van der Waals surface area contributed by atoms with Crippen LogP contribution in [-0.2, 0) is 75.2 Å². The average Bonchev–Trinajstić information content (AvgIpc) is 3.76. The van der Waals surface area contributed by atoms with E-state index in [9.17, 15) is 34.3 Å². The van der Waals surface area contributed by atoms with Crippen molar-refractivity contribution in [2.45, 2.75) is 343 Å². The fourth-order valence-corrected chi connectivity index (χ4v) is 12.6. The van der Waals surface area contributed by atoms with Gasteiger partial charge in [0.1, 0.15) is 38.1 Å². The van der Waals surface area contributed by atoms with Crippen LogP contribution in [0.4, 0.5) is 0 Å². The SMILES string of the molecule is CCCCC[C@@H]1OC1C[C@@H]1OC1CCCCCCCC(=O)OC[C@H](O)COP(=O)(OC[C@@H](O)COC(=O)CCCCCCCC1O[C@H]1CC1O[C@H]1CCCCC)OC[C@@H](O)COC(=O)CCCCCCCC1O[C@H]1CC1O[C@H]1CCCCC. The van der Waals surface area contributed by atoms with Gasteiger partial charge < -0.3 is 58.0 Å². The fourth-order valence-electron chi connectivity index (χ4n) is 11.3. The minimum atomic E-state index is -4.61. The van der Waals surface area contributed by atoms with E-state index in [0.717, 1.165) is 135 Å². The lowest BCUT2D eigenvalue weighted by atomic mass is 10.0. The number of ether oxygens (including phenoxy) is 9. The summed E-state index contributed by atoms with van der Waals surface area (Å²) in [5.74, 6) is -1.47. The Morgan fingerprint density at radius 2 is 0.542 bits per heavy atom. The molecule has 0 bridgehead atoms. The summed E-state index contributed by atoms with van der Waals surface area (Å²) in [5.41, 5.74) is 0. The average molecular weight is 1200 g/mol. The van der Waals surface area contributed by atoms with Crippen LogP contribution >= 0.6 is 7.82 Å². The zero-order valence-electron chi connectivity index (χ0n) is 51.2. The van der Waals surface area contributed by atoms with E-state index in [4.69, 9.17) is 56.2 Å². The van der Waals surface area contributed by atoms with Crippen LogP contribution < -0.4 is 0 Å². The number of epoxide rings is 6. The van der Waals surface area contributed by atoms with Crippen LogP contribution in [0.15, 0.2) is 0 Å². The second-order valence-electron chi connectivity index (χ2n) is 24.7. The van der Waals surface area contributed by atoms with Crippen molar-refractivity contribution in [1.29, 1.82) is 0 Å². The fraction of sp³-hybridized carbons (Fsp3) is 0.952. The molecule has 20 heteroatoms. The van der Waals surface area contributed by atoms with Gasteiger partial charge in [0, 0.05) is 38.5 Å². The van der Waals surface area contributed by atoms with Crippen LogP contribution in [0.2, 0.25) is 0 Å². The highest BCUT2D eigenvalue weighted by atomic mass is 31.2. The molecular weight excluding hydrogens is 1090 g/mol. The minimum Gasteiger partial charge on any atom is -0.463 e. The van der Waals surface area contributed by atoms with Crippen molar-refractivity contribution in [3.05, 3.63) is 0 Å². The summed E-state index contributed by atoms with van der Waals surface area (Å²) < 4.78 is 80.8. The first kappa shape index (κ1) is 70.2. The molecule has 6 saturated heterocycles. The number of hydrogen-bond donors (Lipinski definition) is 3. The maximum absolute atomic E-state index is 13.8. The normalized spacial score (nSPS) is 28.2. The van der Waals surface area contributed by atoms with Gasteiger partial charge in [-0.05, 0) is 57.8 Å². The summed E-state index contributed by atoms with van der Waals surface area (Å²) in [5, 5.41) is 31.9. The molecule has 0 amide bonds. The van der Waals surface area contributed by atoms with Crippen LogP contribution in [0.25, 0.3) is 0 Å². The molecule has 6 fully saturated rings. The van der Waals surface area contributed by atoms with Crippen molar-refractivity contribution in [1.82, 2.24) is 0 Å². The first-order valence-corrected chi connectivity index (χ1v) is 34.8. The maximum Gasteiger partial charge on any atom is 0.475 e. The monoisotopic (exact) mass is 1200 g/mol. The van der Waals surface area contributed by atoms with Gasteiger partial charge in [-0.25, -0.2) is 4.57 Å². The lowest BCUT2D eigenvalue weighted by Crippen LogP contribution is -2.27. The van der Waals surface area contributed by atoms with Gasteiger partial charge in [0.25, 0.3) is 0 Å². The summed E-state index contributed by atoms with van der Waals surface area (Å²) in [6.45, 7) is 3.38. The molecule has 6 aliphatic rings.